The molecule has 8 nitrogen and oxygen atoms in total. The lowest BCUT2D eigenvalue weighted by atomic mass is 10.1. The first-order valence-corrected chi connectivity index (χ1v) is 8.81. The van der Waals surface area contributed by atoms with Crippen molar-refractivity contribution in [1.82, 2.24) is 5.43 Å². The number of carbonyl (C=O) groups excluding carboxylic acids is 1. The Morgan fingerprint density at radius 3 is 2.75 bits per heavy atom. The van der Waals surface area contributed by atoms with E-state index in [-0.39, 0.29) is 17.0 Å². The Balaban J connectivity index is 1.71. The maximum absolute atomic E-state index is 12.1. The van der Waals surface area contributed by atoms with E-state index in [1.54, 1.807) is 12.1 Å². The smallest absolute Gasteiger partial charge is 0.275 e. The molecule has 0 radical (unpaired) electrons. The number of carbonyl (C=O) groups is 1. The average Bonchev–Trinajstić information content (AvgIpc) is 3.13. The third-order valence-corrected chi connectivity index (χ3v) is 4.73. The summed E-state index contributed by atoms with van der Waals surface area (Å²) in [4.78, 5) is 22.2. The summed E-state index contributed by atoms with van der Waals surface area (Å²) in [7, 11) is 0. The standard InChI is InChI=1S/C19H14BrN3O5/c1-11-2-3-12(8-16(11)20)18-7-5-14(28-18)10-21-22-19(25)15-9-13(23(26)27)4-6-17(15)24/h2-10,24H,1H3,(H,22,25)/b21-10-. The van der Waals surface area contributed by atoms with Crippen LogP contribution in [0.15, 0.2) is 62.5 Å². The van der Waals surface area contributed by atoms with Crippen LogP contribution >= 0.6 is 15.9 Å². The molecule has 1 amide bonds. The van der Waals surface area contributed by atoms with Gasteiger partial charge in [0.15, 0.2) is 0 Å². The molecule has 1 aromatic heterocycles. The van der Waals surface area contributed by atoms with Gasteiger partial charge in [0.25, 0.3) is 11.6 Å². The molecule has 0 fully saturated rings. The van der Waals surface area contributed by atoms with Crippen molar-refractivity contribution in [2.24, 2.45) is 5.10 Å². The van der Waals surface area contributed by atoms with E-state index in [0.717, 1.165) is 33.8 Å². The molecule has 0 aliphatic carbocycles. The summed E-state index contributed by atoms with van der Waals surface area (Å²) in [5, 5.41) is 24.3. The largest absolute Gasteiger partial charge is 0.507 e. The van der Waals surface area contributed by atoms with Crippen LogP contribution in [-0.4, -0.2) is 22.2 Å². The van der Waals surface area contributed by atoms with E-state index in [4.69, 9.17) is 4.42 Å². The van der Waals surface area contributed by atoms with Crippen LogP contribution in [0.4, 0.5) is 5.69 Å². The van der Waals surface area contributed by atoms with Crippen LogP contribution in [0.1, 0.15) is 21.7 Å². The zero-order chi connectivity index (χ0) is 20.3. The number of nitro benzene ring substituents is 1. The second-order valence-electron chi connectivity index (χ2n) is 5.82. The van der Waals surface area contributed by atoms with E-state index in [1.807, 2.05) is 25.1 Å². The van der Waals surface area contributed by atoms with Crippen molar-refractivity contribution in [3.63, 3.8) is 0 Å². The number of benzene rings is 2. The quantitative estimate of drug-likeness (QED) is 0.344. The average molecular weight is 444 g/mol. The van der Waals surface area contributed by atoms with E-state index >= 15 is 0 Å². The number of hydrogen-bond acceptors (Lipinski definition) is 6. The van der Waals surface area contributed by atoms with Gasteiger partial charge in [-0.3, -0.25) is 14.9 Å². The Hall–Kier alpha value is -3.46. The zero-order valence-electron chi connectivity index (χ0n) is 14.5. The second-order valence-corrected chi connectivity index (χ2v) is 6.68. The van der Waals surface area contributed by atoms with Crippen molar-refractivity contribution in [1.29, 1.82) is 0 Å². The number of aryl methyl sites for hydroxylation is 1. The van der Waals surface area contributed by atoms with Crippen LogP contribution < -0.4 is 5.43 Å². The summed E-state index contributed by atoms with van der Waals surface area (Å²) in [5.74, 6) is -0.143. The van der Waals surface area contributed by atoms with Gasteiger partial charge in [0.2, 0.25) is 0 Å². The molecule has 0 saturated carbocycles. The monoisotopic (exact) mass is 443 g/mol. The van der Waals surface area contributed by atoms with E-state index in [1.165, 1.54) is 6.21 Å². The molecule has 9 heteroatoms. The highest BCUT2D eigenvalue weighted by atomic mass is 79.9. The number of nitro groups is 1. The molecule has 0 unspecified atom stereocenters. The van der Waals surface area contributed by atoms with Gasteiger partial charge in [-0.1, -0.05) is 28.1 Å². The molecule has 2 N–H and O–H groups in total. The van der Waals surface area contributed by atoms with Gasteiger partial charge >= 0.3 is 0 Å². The van der Waals surface area contributed by atoms with Crippen molar-refractivity contribution in [3.8, 4) is 17.1 Å². The van der Waals surface area contributed by atoms with Gasteiger partial charge in [0, 0.05) is 22.2 Å². The number of non-ortho nitro benzene ring substituents is 1. The first kappa shape index (κ1) is 19.3. The van der Waals surface area contributed by atoms with Gasteiger partial charge in [-0.05, 0) is 36.8 Å². The number of hydrazone groups is 1. The molecule has 0 spiro atoms. The minimum absolute atomic E-state index is 0.254. The first-order chi connectivity index (χ1) is 13.3. The lowest BCUT2D eigenvalue weighted by Crippen LogP contribution is -2.17. The fraction of sp³-hybridized carbons (Fsp3) is 0.0526. The van der Waals surface area contributed by atoms with Crippen LogP contribution in [0.2, 0.25) is 0 Å². The number of nitrogens with zero attached hydrogens (tertiary/aromatic N) is 2. The van der Waals surface area contributed by atoms with E-state index in [9.17, 15) is 20.0 Å². The third-order valence-electron chi connectivity index (χ3n) is 3.88. The fourth-order valence-electron chi connectivity index (χ4n) is 2.36. The van der Waals surface area contributed by atoms with Gasteiger partial charge < -0.3 is 9.52 Å². The number of furan rings is 1. The van der Waals surface area contributed by atoms with E-state index in [2.05, 4.69) is 26.5 Å². The van der Waals surface area contributed by atoms with Crippen LogP contribution in [0.5, 0.6) is 5.75 Å². The minimum atomic E-state index is -0.785. The molecule has 0 aliphatic heterocycles. The fourth-order valence-corrected chi connectivity index (χ4v) is 2.74. The SMILES string of the molecule is Cc1ccc(-c2ccc(/C=N\NC(=O)c3cc([N+](=O)[O-])ccc3O)o2)cc1Br. The number of hydrogen-bond donors (Lipinski definition) is 2. The van der Waals surface area contributed by atoms with Crippen LogP contribution in [0.3, 0.4) is 0 Å². The van der Waals surface area contributed by atoms with E-state index < -0.39 is 10.8 Å². The summed E-state index contributed by atoms with van der Waals surface area (Å²) >= 11 is 3.47. The predicted octanol–water partition coefficient (Wildman–Crippen LogP) is 4.40. The molecule has 0 bridgehead atoms. The van der Waals surface area contributed by atoms with Gasteiger partial charge in [0.05, 0.1) is 16.7 Å². The highest BCUT2D eigenvalue weighted by molar-refractivity contribution is 9.10. The number of aromatic hydroxyl groups is 1. The molecular formula is C19H14BrN3O5. The summed E-state index contributed by atoms with van der Waals surface area (Å²) in [5.41, 5.74) is 3.61. The number of rotatable bonds is 5. The molecule has 0 atom stereocenters. The van der Waals surface area contributed by atoms with Crippen LogP contribution in [0.25, 0.3) is 11.3 Å². The Morgan fingerprint density at radius 1 is 1.25 bits per heavy atom. The molecule has 3 rings (SSSR count). The normalized spacial score (nSPS) is 10.9. The Morgan fingerprint density at radius 2 is 2.04 bits per heavy atom. The maximum Gasteiger partial charge on any atom is 0.275 e. The Labute approximate surface area is 167 Å². The van der Waals surface area contributed by atoms with Crippen molar-refractivity contribution in [3.05, 3.63) is 80.0 Å². The van der Waals surface area contributed by atoms with Gasteiger partial charge in [-0.2, -0.15) is 5.10 Å². The van der Waals surface area contributed by atoms with Gasteiger partial charge in [-0.15, -0.1) is 0 Å². The maximum atomic E-state index is 12.1. The summed E-state index contributed by atoms with van der Waals surface area (Å²) in [6.07, 6.45) is 1.29. The lowest BCUT2D eigenvalue weighted by Gasteiger charge is -2.02. The van der Waals surface area contributed by atoms with Crippen molar-refractivity contribution in [2.45, 2.75) is 6.92 Å². The first-order valence-electron chi connectivity index (χ1n) is 8.02. The van der Waals surface area contributed by atoms with Crippen molar-refractivity contribution < 1.29 is 19.2 Å². The minimum Gasteiger partial charge on any atom is -0.507 e. The van der Waals surface area contributed by atoms with Gasteiger partial charge in [0.1, 0.15) is 17.3 Å². The predicted molar refractivity (Wildman–Crippen MR) is 106 cm³/mol. The summed E-state index contributed by atoms with van der Waals surface area (Å²) < 4.78 is 6.63. The van der Waals surface area contributed by atoms with Crippen molar-refractivity contribution >= 4 is 33.7 Å². The Kier molecular flexibility index (Phi) is 5.55. The molecular weight excluding hydrogens is 430 g/mol. The van der Waals surface area contributed by atoms with E-state index in [0.29, 0.717) is 11.5 Å². The third kappa shape index (κ3) is 4.26. The number of phenolic OH excluding ortho intramolecular Hbond substituents is 1. The number of phenols is 1. The molecule has 28 heavy (non-hydrogen) atoms. The number of halogens is 1. The summed E-state index contributed by atoms with van der Waals surface area (Å²) in [6.45, 7) is 1.98. The topological polar surface area (TPSA) is 118 Å². The molecule has 0 saturated heterocycles. The molecule has 142 valence electrons. The zero-order valence-corrected chi connectivity index (χ0v) is 16.1. The van der Waals surface area contributed by atoms with Crippen molar-refractivity contribution in [2.75, 3.05) is 0 Å². The molecule has 0 aliphatic rings. The second kappa shape index (κ2) is 8.05. The highest BCUT2D eigenvalue weighted by Gasteiger charge is 2.16. The Bertz CT molecular complexity index is 1090. The van der Waals surface area contributed by atoms with Gasteiger partial charge in [-0.25, -0.2) is 5.43 Å². The van der Waals surface area contributed by atoms with Crippen LogP contribution in [0, 0.1) is 17.0 Å². The molecule has 3 aromatic rings. The lowest BCUT2D eigenvalue weighted by molar-refractivity contribution is -0.384. The molecule has 1 heterocycles. The summed E-state index contributed by atoms with van der Waals surface area (Å²) in [6, 6.07) is 12.4. The number of amides is 1. The van der Waals surface area contributed by atoms with Crippen LogP contribution in [-0.2, 0) is 0 Å². The number of nitrogens with one attached hydrogen (secondary N) is 1. The molecule has 2 aromatic carbocycles. The highest BCUT2D eigenvalue weighted by Crippen LogP contribution is 2.27.